The summed E-state index contributed by atoms with van der Waals surface area (Å²) in [6.45, 7) is 0. The largest absolute Gasteiger partial charge is 0.573 e. The Morgan fingerprint density at radius 2 is 1.59 bits per heavy atom. The van der Waals surface area contributed by atoms with Crippen LogP contribution in [0.15, 0.2) is 65.6 Å². The highest BCUT2D eigenvalue weighted by Crippen LogP contribution is 2.30. The van der Waals surface area contributed by atoms with E-state index in [0.29, 0.717) is 11.1 Å². The fourth-order valence-electron chi connectivity index (χ4n) is 2.76. The molecular weight excluding hydrogens is 490 g/mol. The highest BCUT2D eigenvalue weighted by atomic mass is 35.5. The van der Waals surface area contributed by atoms with Gasteiger partial charge in [0.1, 0.15) is 5.75 Å². The molecule has 0 aliphatic heterocycles. The van der Waals surface area contributed by atoms with Crippen molar-refractivity contribution in [3.8, 4) is 16.9 Å². The third-order valence-electron chi connectivity index (χ3n) is 4.20. The molecule has 0 saturated heterocycles. The van der Waals surface area contributed by atoms with Crippen LogP contribution in [-0.4, -0.2) is 26.9 Å². The predicted molar refractivity (Wildman–Crippen MR) is 116 cm³/mol. The number of halogens is 5. The smallest absolute Gasteiger partial charge is 0.406 e. The molecule has 0 heterocycles. The van der Waals surface area contributed by atoms with Gasteiger partial charge in [0.2, 0.25) is 0 Å². The van der Waals surface area contributed by atoms with Crippen molar-refractivity contribution >= 4 is 44.6 Å². The summed E-state index contributed by atoms with van der Waals surface area (Å²) in [5, 5.41) is 2.83. The second-order valence-electron chi connectivity index (χ2n) is 6.67. The summed E-state index contributed by atoms with van der Waals surface area (Å²) >= 11 is 12.2. The van der Waals surface area contributed by atoms with Crippen molar-refractivity contribution in [2.45, 2.75) is 11.3 Å². The van der Waals surface area contributed by atoms with Gasteiger partial charge in [0.15, 0.2) is 9.84 Å². The number of hydrogen-bond acceptors (Lipinski definition) is 4. The highest BCUT2D eigenvalue weighted by Gasteiger charge is 2.31. The van der Waals surface area contributed by atoms with Gasteiger partial charge >= 0.3 is 6.36 Å². The van der Waals surface area contributed by atoms with E-state index >= 15 is 0 Å². The minimum atomic E-state index is -4.80. The topological polar surface area (TPSA) is 72.5 Å². The molecular formula is C21H14Cl2F3NO4S. The summed E-state index contributed by atoms with van der Waals surface area (Å²) in [5.74, 6) is -0.951. The number of hydrogen-bond donors (Lipinski definition) is 1. The molecule has 3 rings (SSSR count). The summed E-state index contributed by atoms with van der Waals surface area (Å²) in [6.07, 6.45) is -3.77. The lowest BCUT2D eigenvalue weighted by molar-refractivity contribution is -0.274. The van der Waals surface area contributed by atoms with E-state index in [0.717, 1.165) is 18.4 Å². The third-order valence-corrected chi connectivity index (χ3v) is 5.84. The van der Waals surface area contributed by atoms with E-state index in [9.17, 15) is 26.4 Å². The van der Waals surface area contributed by atoms with Crippen LogP contribution in [0.5, 0.6) is 5.75 Å². The first kappa shape index (κ1) is 23.9. The number of carbonyl (C=O) groups is 1. The fraction of sp³-hybridized carbons (Fsp3) is 0.0952. The standard InChI is InChI=1S/C21H14Cl2F3NO4S/c1-32(29,30)17-6-7-19(18(23)11-17)27-20(28)14-8-13(9-15(22)10-14)12-2-4-16(5-3-12)31-21(24,25)26/h2-11H,1H3,(H,27,28). The van der Waals surface area contributed by atoms with Crippen molar-refractivity contribution in [1.29, 1.82) is 0 Å². The van der Waals surface area contributed by atoms with E-state index in [1.807, 2.05) is 0 Å². The SMILES string of the molecule is CS(=O)(=O)c1ccc(NC(=O)c2cc(Cl)cc(-c3ccc(OC(F)(F)F)cc3)c2)c(Cl)c1. The summed E-state index contributed by atoms with van der Waals surface area (Å²) in [6, 6.07) is 13.4. The molecule has 0 unspecified atom stereocenters. The first-order valence-electron chi connectivity index (χ1n) is 8.79. The van der Waals surface area contributed by atoms with Crippen LogP contribution in [0.2, 0.25) is 10.0 Å². The maximum Gasteiger partial charge on any atom is 0.573 e. The summed E-state index contributed by atoms with van der Waals surface area (Å²) in [7, 11) is -3.46. The average molecular weight is 504 g/mol. The lowest BCUT2D eigenvalue weighted by Gasteiger charge is -2.11. The van der Waals surface area contributed by atoms with Gasteiger partial charge in [-0.1, -0.05) is 35.3 Å². The molecule has 168 valence electrons. The molecule has 0 saturated carbocycles. The van der Waals surface area contributed by atoms with Crippen molar-refractivity contribution < 1.29 is 31.1 Å². The van der Waals surface area contributed by atoms with Gasteiger partial charge in [0.05, 0.1) is 15.6 Å². The Hall–Kier alpha value is -2.75. The van der Waals surface area contributed by atoms with Crippen LogP contribution < -0.4 is 10.1 Å². The maximum absolute atomic E-state index is 12.7. The number of rotatable bonds is 5. The number of nitrogens with one attached hydrogen (secondary N) is 1. The molecule has 0 radical (unpaired) electrons. The Labute approximate surface area is 191 Å². The van der Waals surface area contributed by atoms with Crippen LogP contribution >= 0.6 is 23.2 Å². The first-order chi connectivity index (χ1) is 14.8. The highest BCUT2D eigenvalue weighted by molar-refractivity contribution is 7.90. The van der Waals surface area contributed by atoms with Crippen molar-refractivity contribution in [3.05, 3.63) is 76.3 Å². The lowest BCUT2D eigenvalue weighted by atomic mass is 10.0. The van der Waals surface area contributed by atoms with Crippen LogP contribution in [0.3, 0.4) is 0 Å². The van der Waals surface area contributed by atoms with E-state index < -0.39 is 22.1 Å². The molecule has 0 aromatic heterocycles. The molecule has 0 spiro atoms. The van der Waals surface area contributed by atoms with Gasteiger partial charge in [-0.05, 0) is 59.7 Å². The van der Waals surface area contributed by atoms with E-state index in [4.69, 9.17) is 23.2 Å². The molecule has 0 fully saturated rings. The second kappa shape index (κ2) is 9.01. The van der Waals surface area contributed by atoms with Crippen molar-refractivity contribution in [2.24, 2.45) is 0 Å². The summed E-state index contributed by atoms with van der Waals surface area (Å²) in [4.78, 5) is 12.7. The lowest BCUT2D eigenvalue weighted by Crippen LogP contribution is -2.16. The molecule has 0 bridgehead atoms. The zero-order valence-electron chi connectivity index (χ0n) is 16.2. The van der Waals surface area contributed by atoms with Crippen LogP contribution in [0, 0.1) is 0 Å². The van der Waals surface area contributed by atoms with Crippen molar-refractivity contribution in [2.75, 3.05) is 11.6 Å². The number of amides is 1. The maximum atomic E-state index is 12.7. The first-order valence-corrected chi connectivity index (χ1v) is 11.4. The molecule has 0 aliphatic carbocycles. The Morgan fingerprint density at radius 3 is 2.16 bits per heavy atom. The van der Waals surface area contributed by atoms with Gasteiger partial charge in [-0.15, -0.1) is 13.2 Å². The quantitative estimate of drug-likeness (QED) is 0.448. The van der Waals surface area contributed by atoms with Gasteiger partial charge in [-0.3, -0.25) is 4.79 Å². The predicted octanol–water partition coefficient (Wildman–Crippen LogP) is 6.21. The van der Waals surface area contributed by atoms with E-state index in [2.05, 4.69) is 10.1 Å². The third kappa shape index (κ3) is 6.15. The Morgan fingerprint density at radius 1 is 0.938 bits per heavy atom. The van der Waals surface area contributed by atoms with Gasteiger partial charge in [0, 0.05) is 16.8 Å². The Balaban J connectivity index is 1.85. The van der Waals surface area contributed by atoms with Gasteiger partial charge < -0.3 is 10.1 Å². The average Bonchev–Trinajstić information content (AvgIpc) is 2.67. The van der Waals surface area contributed by atoms with Crippen LogP contribution in [0.1, 0.15) is 10.4 Å². The monoisotopic (exact) mass is 503 g/mol. The molecule has 1 amide bonds. The molecule has 5 nitrogen and oxygen atoms in total. The Kier molecular flexibility index (Phi) is 6.73. The molecule has 32 heavy (non-hydrogen) atoms. The minimum absolute atomic E-state index is 0.00323. The molecule has 0 aliphatic rings. The van der Waals surface area contributed by atoms with E-state index in [1.165, 1.54) is 42.5 Å². The minimum Gasteiger partial charge on any atom is -0.406 e. The van der Waals surface area contributed by atoms with Crippen LogP contribution in [-0.2, 0) is 9.84 Å². The molecule has 3 aromatic carbocycles. The summed E-state index contributed by atoms with van der Waals surface area (Å²) < 4.78 is 64.0. The number of alkyl halides is 3. The number of carbonyl (C=O) groups excluding carboxylic acids is 1. The molecule has 11 heteroatoms. The molecule has 3 aromatic rings. The second-order valence-corrected chi connectivity index (χ2v) is 9.53. The van der Waals surface area contributed by atoms with Crippen molar-refractivity contribution in [3.63, 3.8) is 0 Å². The number of sulfone groups is 1. The van der Waals surface area contributed by atoms with E-state index in [-0.39, 0.29) is 31.9 Å². The van der Waals surface area contributed by atoms with Crippen LogP contribution in [0.25, 0.3) is 11.1 Å². The number of ether oxygens (including phenoxy) is 1. The van der Waals surface area contributed by atoms with E-state index in [1.54, 1.807) is 6.07 Å². The summed E-state index contributed by atoms with van der Waals surface area (Å²) in [5.41, 5.74) is 1.34. The van der Waals surface area contributed by atoms with Crippen LogP contribution in [0.4, 0.5) is 18.9 Å². The molecule has 0 atom stereocenters. The molecule has 1 N–H and O–H groups in total. The van der Waals surface area contributed by atoms with Gasteiger partial charge in [-0.25, -0.2) is 8.42 Å². The zero-order valence-corrected chi connectivity index (χ0v) is 18.5. The fourth-order valence-corrected chi connectivity index (χ4v) is 3.93. The number of anilines is 1. The van der Waals surface area contributed by atoms with Crippen molar-refractivity contribution in [1.82, 2.24) is 0 Å². The Bertz CT molecular complexity index is 1280. The number of benzene rings is 3. The zero-order chi connectivity index (χ0) is 23.7. The van der Waals surface area contributed by atoms with Gasteiger partial charge in [-0.2, -0.15) is 0 Å². The van der Waals surface area contributed by atoms with Gasteiger partial charge in [0.25, 0.3) is 5.91 Å². The normalized spacial score (nSPS) is 11.8.